The number of anilines is 2. The number of carbonyl (C=O) groups is 4. The number of halogens is 2. The Kier molecular flexibility index (Phi) is 8.19. The second kappa shape index (κ2) is 12.9. The number of amides is 4. The molecule has 4 amide bonds. The highest BCUT2D eigenvalue weighted by molar-refractivity contribution is 6.58. The molecular weight excluding hydrogens is 724 g/mol. The van der Waals surface area contributed by atoms with Crippen molar-refractivity contribution in [1.82, 2.24) is 5.01 Å². The largest absolute Gasteiger partial charge is 0.507 e. The highest BCUT2D eigenvalue weighted by atomic mass is 35.5. The number of aromatic hydroxyl groups is 1. The number of rotatable bonds is 6. The first-order valence-corrected chi connectivity index (χ1v) is 18.3. The summed E-state index contributed by atoms with van der Waals surface area (Å²) < 4.78 is 13.9. The zero-order valence-corrected chi connectivity index (χ0v) is 29.7. The van der Waals surface area contributed by atoms with E-state index in [4.69, 9.17) is 11.6 Å². The predicted octanol–water partition coefficient (Wildman–Crippen LogP) is 5.21. The van der Waals surface area contributed by atoms with Gasteiger partial charge >= 0.3 is 7.12 Å². The molecule has 9 rings (SSSR count). The number of allylic oxidation sites excluding steroid dienone is 2. The average molecular weight is 756 g/mol. The lowest BCUT2D eigenvalue weighted by atomic mass is 9.49. The van der Waals surface area contributed by atoms with Crippen molar-refractivity contribution in [3.63, 3.8) is 0 Å². The van der Waals surface area contributed by atoms with Gasteiger partial charge in [0.15, 0.2) is 0 Å². The molecule has 2 aliphatic heterocycles. The van der Waals surface area contributed by atoms with E-state index >= 15 is 4.79 Å². The van der Waals surface area contributed by atoms with Crippen molar-refractivity contribution >= 4 is 70.0 Å². The third-order valence-corrected chi connectivity index (χ3v) is 12.2. The third-order valence-electron chi connectivity index (χ3n) is 11.9. The molecule has 0 spiro atoms. The molecule has 274 valence electrons. The first-order chi connectivity index (χ1) is 26.5. The standard InChI is InChI=1S/C42H32BClFN3O7/c44-24-10-8-22(9-11-24)42-34(39(51)48(41(42)53)46-26-14-12-25(45)13-15-26)21-33-31(37(42)30-18-19-35(49)29-7-2-1-6-28(29)30)16-17-32-36(33)40(52)47(38(32)50)27-5-3-4-23(20-27)43(54)55/h1-16,18-20,32-34,36-37,46,49,54-55H,17,21H2/t32-,33+,34-,36-,37-,42+/m0/s1. The first kappa shape index (κ1) is 34.9. The number of carbonyl (C=O) groups excluding carboxylic acids is 4. The maximum atomic E-state index is 15.4. The summed E-state index contributed by atoms with van der Waals surface area (Å²) in [5.74, 6) is -6.78. The van der Waals surface area contributed by atoms with Crippen molar-refractivity contribution in [1.29, 1.82) is 0 Å². The molecule has 3 fully saturated rings. The van der Waals surface area contributed by atoms with E-state index < -0.39 is 71.6 Å². The molecule has 0 unspecified atom stereocenters. The van der Waals surface area contributed by atoms with Gasteiger partial charge in [0.25, 0.3) is 11.8 Å². The second-order valence-corrected chi connectivity index (χ2v) is 15.0. The number of imide groups is 2. The number of nitrogens with zero attached hydrogens (tertiary/aromatic N) is 2. The van der Waals surface area contributed by atoms with Crippen LogP contribution in [0, 0.1) is 29.5 Å². The van der Waals surface area contributed by atoms with Gasteiger partial charge < -0.3 is 15.2 Å². The van der Waals surface area contributed by atoms with Crippen LogP contribution in [0.2, 0.25) is 5.02 Å². The monoisotopic (exact) mass is 755 g/mol. The van der Waals surface area contributed by atoms with Crippen LogP contribution < -0.4 is 15.8 Å². The molecule has 0 radical (unpaired) electrons. The quantitative estimate of drug-likeness (QED) is 0.105. The summed E-state index contributed by atoms with van der Waals surface area (Å²) in [5.41, 5.74) is 3.84. The molecule has 55 heavy (non-hydrogen) atoms. The minimum absolute atomic E-state index is 0.0253. The van der Waals surface area contributed by atoms with E-state index in [1.807, 2.05) is 18.2 Å². The van der Waals surface area contributed by atoms with Gasteiger partial charge in [-0.05, 0) is 95.3 Å². The number of benzene rings is 5. The van der Waals surface area contributed by atoms with E-state index in [0.717, 1.165) is 15.5 Å². The van der Waals surface area contributed by atoms with E-state index in [-0.39, 0.29) is 29.7 Å². The molecule has 0 bridgehead atoms. The van der Waals surface area contributed by atoms with Gasteiger partial charge in [0, 0.05) is 16.3 Å². The van der Waals surface area contributed by atoms with Gasteiger partial charge in [-0.2, -0.15) is 5.01 Å². The fourth-order valence-electron chi connectivity index (χ4n) is 9.64. The SMILES string of the molecule is O=C1[C@@H]2C[C@@H]3C(=CC[C@@H]4C(=O)N(c5cccc(B(O)O)c5)C(=O)[C@@H]43)[C@H](c3ccc(O)c4ccccc34)[C@]2(c2ccc(Cl)cc2)C(=O)N1Nc1ccc(F)cc1. The molecule has 2 saturated heterocycles. The summed E-state index contributed by atoms with van der Waals surface area (Å²) in [6, 6.07) is 28.6. The Morgan fingerprint density at radius 1 is 0.800 bits per heavy atom. The molecule has 13 heteroatoms. The zero-order chi connectivity index (χ0) is 38.3. The molecule has 4 N–H and O–H groups in total. The lowest BCUT2D eigenvalue weighted by Gasteiger charge is -2.51. The Balaban J connectivity index is 1.26. The van der Waals surface area contributed by atoms with Crippen LogP contribution in [0.15, 0.2) is 121 Å². The molecular formula is C42H32BClFN3O7. The zero-order valence-electron chi connectivity index (χ0n) is 29.0. The maximum absolute atomic E-state index is 15.4. The number of hydrazine groups is 1. The summed E-state index contributed by atoms with van der Waals surface area (Å²) >= 11 is 6.40. The van der Waals surface area contributed by atoms with Gasteiger partial charge in [-0.15, -0.1) is 0 Å². The fourth-order valence-corrected chi connectivity index (χ4v) is 9.76. The first-order valence-electron chi connectivity index (χ1n) is 17.9. The topological polar surface area (TPSA) is 147 Å². The van der Waals surface area contributed by atoms with Crippen LogP contribution in [0.4, 0.5) is 15.8 Å². The molecule has 2 heterocycles. The van der Waals surface area contributed by atoms with Gasteiger partial charge in [0.1, 0.15) is 11.6 Å². The van der Waals surface area contributed by atoms with Crippen molar-refractivity contribution in [3.8, 4) is 5.75 Å². The third kappa shape index (κ3) is 5.16. The summed E-state index contributed by atoms with van der Waals surface area (Å²) in [6.45, 7) is 0. The van der Waals surface area contributed by atoms with Crippen molar-refractivity contribution in [2.45, 2.75) is 24.2 Å². The van der Waals surface area contributed by atoms with Crippen molar-refractivity contribution in [3.05, 3.63) is 143 Å². The minimum Gasteiger partial charge on any atom is -0.507 e. The number of nitrogens with one attached hydrogen (secondary N) is 1. The highest BCUT2D eigenvalue weighted by Gasteiger charge is 2.70. The lowest BCUT2D eigenvalue weighted by Crippen LogP contribution is -2.53. The van der Waals surface area contributed by atoms with Gasteiger partial charge in [0.2, 0.25) is 11.8 Å². The van der Waals surface area contributed by atoms with Crippen LogP contribution in [0.25, 0.3) is 10.8 Å². The van der Waals surface area contributed by atoms with Gasteiger partial charge in [-0.1, -0.05) is 77.8 Å². The van der Waals surface area contributed by atoms with E-state index in [1.165, 1.54) is 42.5 Å². The molecule has 6 atom stereocenters. The summed E-state index contributed by atoms with van der Waals surface area (Å²) in [7, 11) is -1.82. The van der Waals surface area contributed by atoms with E-state index in [9.17, 15) is 33.9 Å². The Morgan fingerprint density at radius 2 is 1.53 bits per heavy atom. The van der Waals surface area contributed by atoms with Crippen LogP contribution in [0.1, 0.15) is 29.9 Å². The summed E-state index contributed by atoms with van der Waals surface area (Å²) in [6.07, 6.45) is 2.15. The molecule has 2 aliphatic carbocycles. The maximum Gasteiger partial charge on any atom is 0.488 e. The normalized spacial score (nSPS) is 25.8. The molecule has 1 saturated carbocycles. The van der Waals surface area contributed by atoms with Crippen LogP contribution in [-0.4, -0.2) is 50.9 Å². The smallest absolute Gasteiger partial charge is 0.488 e. The van der Waals surface area contributed by atoms with Gasteiger partial charge in [-0.3, -0.25) is 29.5 Å². The van der Waals surface area contributed by atoms with Crippen LogP contribution in [-0.2, 0) is 24.6 Å². The Hall–Kier alpha value is -5.82. The Bertz CT molecular complexity index is 2480. The second-order valence-electron chi connectivity index (χ2n) is 14.6. The average Bonchev–Trinajstić information content (AvgIpc) is 3.57. The Morgan fingerprint density at radius 3 is 2.25 bits per heavy atom. The number of hydrogen-bond donors (Lipinski definition) is 4. The molecule has 0 aromatic heterocycles. The van der Waals surface area contributed by atoms with Crippen LogP contribution in [0.3, 0.4) is 0 Å². The minimum atomic E-state index is -1.82. The Labute approximate surface area is 319 Å². The number of phenolic OH excluding ortho intramolecular Hbond substituents is 1. The predicted molar refractivity (Wildman–Crippen MR) is 203 cm³/mol. The van der Waals surface area contributed by atoms with E-state index in [2.05, 4.69) is 5.43 Å². The van der Waals surface area contributed by atoms with Crippen LogP contribution >= 0.6 is 11.6 Å². The van der Waals surface area contributed by atoms with Crippen molar-refractivity contribution < 1.29 is 38.7 Å². The van der Waals surface area contributed by atoms with Crippen molar-refractivity contribution in [2.75, 3.05) is 10.3 Å². The highest BCUT2D eigenvalue weighted by Crippen LogP contribution is 2.65. The lowest BCUT2D eigenvalue weighted by molar-refractivity contribution is -0.138. The van der Waals surface area contributed by atoms with E-state index in [0.29, 0.717) is 32.6 Å². The fraction of sp³-hybridized carbons (Fsp3) is 0.190. The van der Waals surface area contributed by atoms with Crippen molar-refractivity contribution in [2.24, 2.45) is 23.7 Å². The van der Waals surface area contributed by atoms with Gasteiger partial charge in [0.05, 0.1) is 34.5 Å². The van der Waals surface area contributed by atoms with Gasteiger partial charge in [-0.25, -0.2) is 4.39 Å². The summed E-state index contributed by atoms with van der Waals surface area (Å²) in [5, 5.41) is 33.3. The van der Waals surface area contributed by atoms with E-state index in [1.54, 1.807) is 54.6 Å². The van der Waals surface area contributed by atoms with Crippen LogP contribution in [0.5, 0.6) is 5.75 Å². The number of fused-ring (bicyclic) bond motifs is 5. The molecule has 4 aliphatic rings. The number of hydrogen-bond acceptors (Lipinski definition) is 8. The molecule has 5 aromatic carbocycles. The number of phenols is 1. The molecule has 5 aromatic rings. The summed E-state index contributed by atoms with van der Waals surface area (Å²) in [4.78, 5) is 60.3. The molecule has 10 nitrogen and oxygen atoms in total.